The molecular formula is C19H19BrN2O6S. The topological polar surface area (TPSA) is 107 Å². The maximum atomic E-state index is 13.3. The van der Waals surface area contributed by atoms with Crippen molar-refractivity contribution in [1.82, 2.24) is 4.31 Å². The first kappa shape index (κ1) is 22.7. The molecule has 0 N–H and O–H groups in total. The van der Waals surface area contributed by atoms with Crippen molar-refractivity contribution in [3.8, 4) is 0 Å². The van der Waals surface area contributed by atoms with Gasteiger partial charge in [0.1, 0.15) is 6.61 Å². The number of hydrogen-bond acceptors (Lipinski definition) is 6. The lowest BCUT2D eigenvalue weighted by atomic mass is 10.2. The van der Waals surface area contributed by atoms with Crippen molar-refractivity contribution in [2.75, 3.05) is 6.61 Å². The van der Waals surface area contributed by atoms with Crippen molar-refractivity contribution >= 4 is 37.6 Å². The molecule has 0 radical (unpaired) electrons. The highest BCUT2D eigenvalue weighted by molar-refractivity contribution is 9.10. The molecule has 0 saturated heterocycles. The van der Waals surface area contributed by atoms with E-state index in [4.69, 9.17) is 4.74 Å². The minimum absolute atomic E-state index is 0.0530. The number of hydrogen-bond donors (Lipinski definition) is 0. The normalized spacial score (nSPS) is 12.4. The number of nitro benzene ring substituents is 1. The molecule has 29 heavy (non-hydrogen) atoms. The van der Waals surface area contributed by atoms with Gasteiger partial charge >= 0.3 is 5.97 Å². The molecule has 2 rings (SSSR count). The van der Waals surface area contributed by atoms with E-state index in [2.05, 4.69) is 22.5 Å². The van der Waals surface area contributed by atoms with Crippen LogP contribution in [0, 0.1) is 10.1 Å². The molecular weight excluding hydrogens is 464 g/mol. The van der Waals surface area contributed by atoms with Crippen LogP contribution in [0.1, 0.15) is 12.5 Å². The average Bonchev–Trinajstić information content (AvgIpc) is 2.68. The van der Waals surface area contributed by atoms with Crippen molar-refractivity contribution in [3.63, 3.8) is 0 Å². The standard InChI is InChI=1S/C19H19BrN2O6S/c1-3-17(13-28-14(2)23)21(12-15-4-8-18(9-5-15)22(24)25)29(26,27)19-10-6-16(20)7-11-19/h3-11,17H,1,12-13H2,2H3/t17-/m0/s1. The largest absolute Gasteiger partial charge is 0.464 e. The monoisotopic (exact) mass is 482 g/mol. The van der Waals surface area contributed by atoms with E-state index in [1.807, 2.05) is 0 Å². The zero-order chi connectivity index (χ0) is 21.6. The fraction of sp³-hybridized carbons (Fsp3) is 0.211. The van der Waals surface area contributed by atoms with Crippen molar-refractivity contribution in [1.29, 1.82) is 0 Å². The summed E-state index contributed by atoms with van der Waals surface area (Å²) in [6, 6.07) is 10.8. The third kappa shape index (κ3) is 5.96. The van der Waals surface area contributed by atoms with Crippen LogP contribution in [-0.4, -0.2) is 36.3 Å². The zero-order valence-corrected chi connectivity index (χ0v) is 17.9. The van der Waals surface area contributed by atoms with Gasteiger partial charge < -0.3 is 4.74 Å². The van der Waals surface area contributed by atoms with Crippen LogP contribution in [0.4, 0.5) is 5.69 Å². The molecule has 2 aromatic carbocycles. The van der Waals surface area contributed by atoms with Crippen LogP contribution in [-0.2, 0) is 26.1 Å². The van der Waals surface area contributed by atoms with E-state index >= 15 is 0 Å². The number of rotatable bonds is 9. The van der Waals surface area contributed by atoms with Crippen LogP contribution in [0.5, 0.6) is 0 Å². The van der Waals surface area contributed by atoms with Crippen molar-refractivity contribution in [3.05, 3.63) is 81.3 Å². The zero-order valence-electron chi connectivity index (χ0n) is 15.5. The molecule has 2 aromatic rings. The van der Waals surface area contributed by atoms with Gasteiger partial charge in [0.2, 0.25) is 10.0 Å². The summed E-state index contributed by atoms with van der Waals surface area (Å²) in [6.45, 7) is 4.60. The Labute approximate surface area is 177 Å². The van der Waals surface area contributed by atoms with Crippen molar-refractivity contribution in [2.45, 2.75) is 24.4 Å². The molecule has 10 heteroatoms. The Morgan fingerprint density at radius 2 is 1.83 bits per heavy atom. The predicted octanol–water partition coefficient (Wildman–Crippen LogP) is 3.67. The van der Waals surface area contributed by atoms with Crippen LogP contribution in [0.25, 0.3) is 0 Å². The Kier molecular flexibility index (Phi) is 7.66. The molecule has 8 nitrogen and oxygen atoms in total. The fourth-order valence-electron chi connectivity index (χ4n) is 2.50. The second kappa shape index (κ2) is 9.77. The van der Waals surface area contributed by atoms with Gasteiger partial charge in [-0.3, -0.25) is 14.9 Å². The predicted molar refractivity (Wildman–Crippen MR) is 111 cm³/mol. The van der Waals surface area contributed by atoms with E-state index in [0.717, 1.165) is 8.78 Å². The molecule has 0 fully saturated rings. The van der Waals surface area contributed by atoms with E-state index in [-0.39, 0.29) is 23.7 Å². The Hall–Kier alpha value is -2.56. The first-order chi connectivity index (χ1) is 13.6. The van der Waals surface area contributed by atoms with Crippen LogP contribution < -0.4 is 0 Å². The Balaban J connectivity index is 2.43. The second-order valence-electron chi connectivity index (χ2n) is 6.03. The number of benzene rings is 2. The minimum atomic E-state index is -3.99. The van der Waals surface area contributed by atoms with Gasteiger partial charge in [0, 0.05) is 30.1 Å². The second-order valence-corrected chi connectivity index (χ2v) is 8.84. The molecule has 0 amide bonds. The molecule has 154 valence electrons. The van der Waals surface area contributed by atoms with Gasteiger partial charge in [-0.2, -0.15) is 4.31 Å². The maximum Gasteiger partial charge on any atom is 0.302 e. The van der Waals surface area contributed by atoms with Gasteiger partial charge in [0.25, 0.3) is 5.69 Å². The molecule has 0 saturated carbocycles. The molecule has 0 aliphatic carbocycles. The van der Waals surface area contributed by atoms with Gasteiger partial charge in [-0.05, 0) is 29.8 Å². The molecule has 1 atom stereocenters. The van der Waals surface area contributed by atoms with Crippen LogP contribution in [0.2, 0.25) is 0 Å². The number of nitrogens with zero attached hydrogens (tertiary/aromatic N) is 2. The van der Waals surface area contributed by atoms with E-state index in [9.17, 15) is 23.3 Å². The third-order valence-electron chi connectivity index (χ3n) is 4.01. The van der Waals surface area contributed by atoms with Gasteiger partial charge in [-0.25, -0.2) is 8.42 Å². The molecule has 0 spiro atoms. The quantitative estimate of drug-likeness (QED) is 0.233. The highest BCUT2D eigenvalue weighted by atomic mass is 79.9. The van der Waals surface area contributed by atoms with Crippen LogP contribution >= 0.6 is 15.9 Å². The van der Waals surface area contributed by atoms with Gasteiger partial charge in [-0.15, -0.1) is 6.58 Å². The smallest absolute Gasteiger partial charge is 0.302 e. The van der Waals surface area contributed by atoms with Gasteiger partial charge in [0.15, 0.2) is 0 Å². The van der Waals surface area contributed by atoms with E-state index < -0.39 is 27.0 Å². The summed E-state index contributed by atoms with van der Waals surface area (Å²) in [4.78, 5) is 21.6. The lowest BCUT2D eigenvalue weighted by molar-refractivity contribution is -0.384. The highest BCUT2D eigenvalue weighted by Gasteiger charge is 2.31. The minimum Gasteiger partial charge on any atom is -0.464 e. The van der Waals surface area contributed by atoms with E-state index in [0.29, 0.717) is 5.56 Å². The first-order valence-corrected chi connectivity index (χ1v) is 10.6. The average molecular weight is 483 g/mol. The number of esters is 1. The van der Waals surface area contributed by atoms with Crippen LogP contribution in [0.3, 0.4) is 0 Å². The molecule has 0 aromatic heterocycles. The number of halogens is 1. The Bertz CT molecular complexity index is 990. The summed E-state index contributed by atoms with van der Waals surface area (Å²) in [5, 5.41) is 10.8. The molecule has 0 aliphatic heterocycles. The number of nitro groups is 1. The number of carbonyl (C=O) groups excluding carboxylic acids is 1. The Morgan fingerprint density at radius 1 is 1.24 bits per heavy atom. The summed E-state index contributed by atoms with van der Waals surface area (Å²) in [6.07, 6.45) is 1.38. The summed E-state index contributed by atoms with van der Waals surface area (Å²) >= 11 is 3.27. The molecule has 0 heterocycles. The highest BCUT2D eigenvalue weighted by Crippen LogP contribution is 2.24. The maximum absolute atomic E-state index is 13.3. The molecule has 0 bridgehead atoms. The lowest BCUT2D eigenvalue weighted by Crippen LogP contribution is -2.41. The SMILES string of the molecule is C=C[C@@H](COC(C)=O)N(Cc1ccc([N+](=O)[O-])cc1)S(=O)(=O)c1ccc(Br)cc1. The van der Waals surface area contributed by atoms with Gasteiger partial charge in [-0.1, -0.05) is 34.1 Å². The number of sulfonamides is 1. The van der Waals surface area contributed by atoms with Crippen molar-refractivity contribution in [2.24, 2.45) is 0 Å². The molecule has 0 unspecified atom stereocenters. The third-order valence-corrected chi connectivity index (χ3v) is 6.42. The van der Waals surface area contributed by atoms with Crippen LogP contribution in [0.15, 0.2) is 70.6 Å². The summed E-state index contributed by atoms with van der Waals surface area (Å²) in [5.41, 5.74) is 0.433. The number of carbonyl (C=O) groups is 1. The molecule has 0 aliphatic rings. The Morgan fingerprint density at radius 3 is 2.31 bits per heavy atom. The van der Waals surface area contributed by atoms with Crippen molar-refractivity contribution < 1.29 is 22.9 Å². The van der Waals surface area contributed by atoms with E-state index in [1.54, 1.807) is 12.1 Å². The fourth-order valence-corrected chi connectivity index (χ4v) is 4.33. The summed E-state index contributed by atoms with van der Waals surface area (Å²) in [5.74, 6) is -0.548. The summed E-state index contributed by atoms with van der Waals surface area (Å²) < 4.78 is 33.4. The number of ether oxygens (including phenoxy) is 1. The summed E-state index contributed by atoms with van der Waals surface area (Å²) in [7, 11) is -3.99. The first-order valence-electron chi connectivity index (χ1n) is 8.42. The van der Waals surface area contributed by atoms with Gasteiger partial charge in [0.05, 0.1) is 15.9 Å². The lowest BCUT2D eigenvalue weighted by Gasteiger charge is -2.28. The number of non-ortho nitro benzene ring substituents is 1. The van der Waals surface area contributed by atoms with E-state index in [1.165, 1.54) is 49.4 Å².